The quantitative estimate of drug-likeness (QED) is 0.592. The fourth-order valence-corrected chi connectivity index (χ4v) is 11.1. The van der Waals surface area contributed by atoms with E-state index in [2.05, 4.69) is 19.6 Å². The van der Waals surface area contributed by atoms with Crippen molar-refractivity contribution in [2.24, 2.45) is 0 Å². The summed E-state index contributed by atoms with van der Waals surface area (Å²) in [5, 5.41) is 0. The van der Waals surface area contributed by atoms with E-state index < -0.39 is 23.0 Å². The van der Waals surface area contributed by atoms with E-state index in [9.17, 15) is 4.79 Å². The maximum atomic E-state index is 10.9. The second-order valence-electron chi connectivity index (χ2n) is 6.14. The molecule has 2 rings (SSSR count). The third-order valence-electron chi connectivity index (χ3n) is 3.64. The van der Waals surface area contributed by atoms with Gasteiger partial charge in [0.15, 0.2) is 8.32 Å². The van der Waals surface area contributed by atoms with Crippen molar-refractivity contribution in [1.82, 2.24) is 0 Å². The topological polar surface area (TPSA) is 54.0 Å². The van der Waals surface area contributed by atoms with Gasteiger partial charge in [-0.25, -0.2) is 4.79 Å². The number of ether oxygens (including phenoxy) is 2. The molecular weight excluding hydrogens is 280 g/mol. The van der Waals surface area contributed by atoms with Crippen LogP contribution < -0.4 is 0 Å². The van der Waals surface area contributed by atoms with Crippen molar-refractivity contribution in [1.29, 1.82) is 0 Å². The first-order chi connectivity index (χ1) is 8.89. The van der Waals surface area contributed by atoms with E-state index >= 15 is 0 Å². The second kappa shape index (κ2) is 5.94. The molecule has 0 aromatic heterocycles. The Morgan fingerprint density at radius 3 is 2.74 bits per heavy atom. The molecule has 0 spiro atoms. The van der Waals surface area contributed by atoms with Crippen LogP contribution in [0.2, 0.25) is 31.7 Å². The Balaban J connectivity index is 1.89. The summed E-state index contributed by atoms with van der Waals surface area (Å²) in [6.45, 7) is 7.85. The zero-order chi connectivity index (χ0) is 13.9. The molecule has 0 aromatic carbocycles. The Hall–Kier alpha value is -0.376. The van der Waals surface area contributed by atoms with Crippen molar-refractivity contribution >= 4 is 23.0 Å². The lowest BCUT2D eigenvalue weighted by molar-refractivity contribution is 0.116. The molecule has 0 aliphatic carbocycles. The predicted octanol–water partition coefficient (Wildman–Crippen LogP) is 3.02. The van der Waals surface area contributed by atoms with Crippen LogP contribution in [0, 0.1) is 0 Å². The summed E-state index contributed by atoms with van der Waals surface area (Å²) in [6.07, 6.45) is 2.44. The molecule has 7 heteroatoms. The molecule has 0 N–H and O–H groups in total. The lowest BCUT2D eigenvalue weighted by Crippen LogP contribution is -2.50. The molecule has 0 aromatic rings. The molecule has 0 bridgehead atoms. The van der Waals surface area contributed by atoms with Gasteiger partial charge in [-0.05, 0) is 44.6 Å². The van der Waals surface area contributed by atoms with Gasteiger partial charge in [0, 0.05) is 6.61 Å². The monoisotopic (exact) mass is 304 g/mol. The van der Waals surface area contributed by atoms with Gasteiger partial charge in [-0.2, -0.15) is 0 Å². The molecule has 2 aliphatic rings. The van der Waals surface area contributed by atoms with Gasteiger partial charge in [0.25, 0.3) is 0 Å². The smallest absolute Gasteiger partial charge is 0.436 e. The Morgan fingerprint density at radius 2 is 2.05 bits per heavy atom. The van der Waals surface area contributed by atoms with Gasteiger partial charge in [-0.1, -0.05) is 6.42 Å². The van der Waals surface area contributed by atoms with E-state index in [1.807, 2.05) is 0 Å². The van der Waals surface area contributed by atoms with Crippen molar-refractivity contribution in [3.05, 3.63) is 0 Å². The maximum Gasteiger partial charge on any atom is 0.508 e. The minimum atomic E-state index is -2.13. The number of carbonyl (C=O) groups is 1. The van der Waals surface area contributed by atoms with E-state index in [1.54, 1.807) is 0 Å². The van der Waals surface area contributed by atoms with Crippen molar-refractivity contribution in [3.63, 3.8) is 0 Å². The highest BCUT2D eigenvalue weighted by molar-refractivity contribution is 6.82. The first-order valence-electron chi connectivity index (χ1n) is 7.06. The number of cyclic esters (lactones) is 2. The average Bonchev–Trinajstić information content (AvgIpc) is 2.70. The summed E-state index contributed by atoms with van der Waals surface area (Å²) in [7, 11) is -3.73. The van der Waals surface area contributed by atoms with Crippen LogP contribution in [0.15, 0.2) is 0 Å². The highest BCUT2D eigenvalue weighted by atomic mass is 28.4. The molecule has 2 unspecified atom stereocenters. The van der Waals surface area contributed by atoms with Crippen molar-refractivity contribution in [2.45, 2.75) is 57.1 Å². The standard InChI is InChI=1S/C12H24O5Si2/c1-18(2)8-5-4-7-15-19(3,17-18)9-6-11-10-14-12(13)16-11/h11H,4-10H2,1-3H3. The van der Waals surface area contributed by atoms with Crippen LogP contribution in [0.5, 0.6) is 0 Å². The first-order valence-corrected chi connectivity index (χ1v) is 12.7. The van der Waals surface area contributed by atoms with Gasteiger partial charge < -0.3 is 18.0 Å². The normalized spacial score (nSPS) is 35.1. The van der Waals surface area contributed by atoms with Crippen molar-refractivity contribution in [2.75, 3.05) is 13.2 Å². The fraction of sp³-hybridized carbons (Fsp3) is 0.917. The van der Waals surface area contributed by atoms with Gasteiger partial charge in [0.05, 0.1) is 0 Å². The minimum Gasteiger partial charge on any atom is -0.436 e. The van der Waals surface area contributed by atoms with Crippen LogP contribution in [0.25, 0.3) is 0 Å². The van der Waals surface area contributed by atoms with Crippen LogP contribution >= 0.6 is 0 Å². The minimum absolute atomic E-state index is 0.126. The second-order valence-corrected chi connectivity index (χ2v) is 14.0. The Bertz CT molecular complexity index is 336. The first kappa shape index (κ1) is 15.0. The zero-order valence-corrected chi connectivity index (χ0v) is 14.1. The third-order valence-corrected chi connectivity index (χ3v) is 11.2. The van der Waals surface area contributed by atoms with E-state index in [-0.39, 0.29) is 6.10 Å². The SMILES string of the molecule is C[Si]1(C)CCCCO[Si](C)(CCC2COC(=O)O2)O1. The number of hydrogen-bond acceptors (Lipinski definition) is 5. The van der Waals surface area contributed by atoms with Gasteiger partial charge in [0.1, 0.15) is 12.7 Å². The molecule has 5 nitrogen and oxygen atoms in total. The largest absolute Gasteiger partial charge is 0.508 e. The maximum absolute atomic E-state index is 10.9. The highest BCUT2D eigenvalue weighted by Crippen LogP contribution is 2.29. The number of carbonyl (C=O) groups excluding carboxylic acids is 1. The van der Waals surface area contributed by atoms with Gasteiger partial charge in [-0.3, -0.25) is 0 Å². The van der Waals surface area contributed by atoms with Crippen LogP contribution in [-0.4, -0.2) is 42.4 Å². The van der Waals surface area contributed by atoms with Crippen LogP contribution in [0.1, 0.15) is 19.3 Å². The van der Waals surface area contributed by atoms with E-state index in [0.717, 1.165) is 25.5 Å². The summed E-state index contributed by atoms with van der Waals surface area (Å²) in [4.78, 5) is 10.9. The fourth-order valence-electron chi connectivity index (χ4n) is 2.66. The zero-order valence-electron chi connectivity index (χ0n) is 12.1. The summed E-state index contributed by atoms with van der Waals surface area (Å²) in [5.74, 6) is 0. The molecule has 2 saturated heterocycles. The summed E-state index contributed by atoms with van der Waals surface area (Å²) in [5.41, 5.74) is 0. The van der Waals surface area contributed by atoms with E-state index in [0.29, 0.717) is 6.61 Å². The number of rotatable bonds is 3. The van der Waals surface area contributed by atoms with Gasteiger partial charge in [0.2, 0.25) is 0 Å². The lowest BCUT2D eigenvalue weighted by atomic mass is 10.3. The molecular formula is C12H24O5Si2. The summed E-state index contributed by atoms with van der Waals surface area (Å²) in [6, 6.07) is 2.07. The van der Waals surface area contributed by atoms with Gasteiger partial charge in [-0.15, -0.1) is 0 Å². The highest BCUT2D eigenvalue weighted by Gasteiger charge is 2.41. The van der Waals surface area contributed by atoms with Crippen LogP contribution in [0.4, 0.5) is 4.79 Å². The molecule has 0 radical (unpaired) electrons. The summed E-state index contributed by atoms with van der Waals surface area (Å²) >= 11 is 0. The van der Waals surface area contributed by atoms with Crippen LogP contribution in [-0.2, 0) is 18.0 Å². The third kappa shape index (κ3) is 4.59. The molecule has 2 aliphatic heterocycles. The molecule has 0 saturated carbocycles. The molecule has 2 fully saturated rings. The van der Waals surface area contributed by atoms with E-state index in [1.165, 1.54) is 12.5 Å². The Kier molecular flexibility index (Phi) is 4.70. The summed E-state index contributed by atoms with van der Waals surface area (Å²) < 4.78 is 22.4. The molecule has 0 amide bonds. The average molecular weight is 304 g/mol. The Labute approximate surface area is 116 Å². The molecule has 19 heavy (non-hydrogen) atoms. The van der Waals surface area contributed by atoms with E-state index in [4.69, 9.17) is 18.0 Å². The Morgan fingerprint density at radius 1 is 1.26 bits per heavy atom. The van der Waals surface area contributed by atoms with Crippen LogP contribution in [0.3, 0.4) is 0 Å². The van der Waals surface area contributed by atoms with Crippen molar-refractivity contribution in [3.8, 4) is 0 Å². The molecule has 2 atom stereocenters. The lowest BCUT2D eigenvalue weighted by Gasteiger charge is -2.38. The van der Waals surface area contributed by atoms with Gasteiger partial charge >= 0.3 is 14.7 Å². The van der Waals surface area contributed by atoms with Crippen molar-refractivity contribution < 1.29 is 22.8 Å². The molecule has 2 heterocycles. The predicted molar refractivity (Wildman–Crippen MR) is 75.8 cm³/mol. The molecule has 110 valence electrons. The number of hydrogen-bond donors (Lipinski definition) is 0.